The normalized spacial score (nSPS) is 10.8. The molecule has 0 aliphatic heterocycles. The Hall–Kier alpha value is -0.760. The smallest absolute Gasteiger partial charge is 0.0637 e. The average Bonchev–Trinajstić information content (AvgIpc) is 2.05. The van der Waals surface area contributed by atoms with Crippen molar-refractivity contribution >= 4 is 17.8 Å². The number of rotatable bonds is 3. The number of aryl methyl sites for hydroxylation is 1. The number of hydrogen-bond acceptors (Lipinski definition) is 2. The Bertz CT molecular complexity index is 268. The first-order valence-electron chi connectivity index (χ1n) is 4.03. The molecule has 0 aromatic carbocycles. The second kappa shape index (κ2) is 4.99. The van der Waals surface area contributed by atoms with Crippen LogP contribution in [0.2, 0.25) is 0 Å². The summed E-state index contributed by atoms with van der Waals surface area (Å²) in [5, 5.41) is 2.09. The monoisotopic (exact) mass is 179 g/mol. The highest BCUT2D eigenvalue weighted by Gasteiger charge is 1.87. The Morgan fingerprint density at radius 1 is 1.58 bits per heavy atom. The van der Waals surface area contributed by atoms with Gasteiger partial charge in [-0.05, 0) is 41.9 Å². The van der Waals surface area contributed by atoms with Gasteiger partial charge in [-0.15, -0.1) is 11.8 Å². The van der Waals surface area contributed by atoms with Crippen LogP contribution in [0.1, 0.15) is 18.2 Å². The van der Waals surface area contributed by atoms with Crippen molar-refractivity contribution in [2.45, 2.75) is 13.8 Å². The molecule has 1 aromatic rings. The lowest BCUT2D eigenvalue weighted by molar-refractivity contribution is 1.26. The van der Waals surface area contributed by atoms with Crippen LogP contribution in [0.4, 0.5) is 0 Å². The molecule has 0 N–H and O–H groups in total. The number of thioether (sulfide) groups is 1. The zero-order valence-electron chi connectivity index (χ0n) is 7.45. The van der Waals surface area contributed by atoms with Gasteiger partial charge in [-0.1, -0.05) is 6.92 Å². The van der Waals surface area contributed by atoms with Gasteiger partial charge in [0.25, 0.3) is 0 Å². The zero-order chi connectivity index (χ0) is 8.81. The van der Waals surface area contributed by atoms with E-state index in [1.165, 1.54) is 5.56 Å². The van der Waals surface area contributed by atoms with Gasteiger partial charge >= 0.3 is 0 Å². The predicted octanol–water partition coefficient (Wildman–Crippen LogP) is 3.11. The third-order valence-electron chi connectivity index (χ3n) is 1.44. The van der Waals surface area contributed by atoms with Gasteiger partial charge in [0, 0.05) is 6.20 Å². The molecular weight excluding hydrogens is 166 g/mol. The average molecular weight is 179 g/mol. The fourth-order valence-electron chi connectivity index (χ4n) is 0.865. The summed E-state index contributed by atoms with van der Waals surface area (Å²) in [5.74, 6) is 1.11. The molecule has 0 saturated heterocycles. The molecule has 0 aliphatic rings. The van der Waals surface area contributed by atoms with Crippen molar-refractivity contribution in [2.24, 2.45) is 0 Å². The maximum Gasteiger partial charge on any atom is 0.0637 e. The molecule has 1 aromatic heterocycles. The molecule has 0 amide bonds. The van der Waals surface area contributed by atoms with E-state index in [1.807, 2.05) is 18.3 Å². The second-order valence-electron chi connectivity index (χ2n) is 2.52. The number of hydrogen-bond donors (Lipinski definition) is 0. The minimum absolute atomic E-state index is 1.04. The van der Waals surface area contributed by atoms with E-state index in [0.29, 0.717) is 0 Å². The van der Waals surface area contributed by atoms with Gasteiger partial charge in [0.2, 0.25) is 0 Å². The van der Waals surface area contributed by atoms with E-state index >= 15 is 0 Å². The summed E-state index contributed by atoms with van der Waals surface area (Å²) in [5.41, 5.74) is 2.29. The number of nitrogens with zero attached hydrogens (tertiary/aromatic N) is 1. The van der Waals surface area contributed by atoms with E-state index in [1.54, 1.807) is 11.8 Å². The summed E-state index contributed by atoms with van der Waals surface area (Å²) in [6.45, 7) is 4.21. The van der Waals surface area contributed by atoms with Crippen molar-refractivity contribution in [3.8, 4) is 0 Å². The van der Waals surface area contributed by atoms with Crippen LogP contribution in [0.15, 0.2) is 23.7 Å². The molecule has 0 unspecified atom stereocenters. The molecule has 0 bridgehead atoms. The highest BCUT2D eigenvalue weighted by molar-refractivity contribution is 8.02. The van der Waals surface area contributed by atoms with Crippen molar-refractivity contribution in [2.75, 3.05) is 5.75 Å². The molecule has 0 saturated carbocycles. The van der Waals surface area contributed by atoms with E-state index in [9.17, 15) is 0 Å². The van der Waals surface area contributed by atoms with E-state index in [-0.39, 0.29) is 0 Å². The molecular formula is C10H13NS. The summed E-state index contributed by atoms with van der Waals surface area (Å²) < 4.78 is 0. The summed E-state index contributed by atoms with van der Waals surface area (Å²) in [6, 6.07) is 4.08. The largest absolute Gasteiger partial charge is 0.257 e. The second-order valence-corrected chi connectivity index (χ2v) is 3.70. The Kier molecular flexibility index (Phi) is 3.88. The van der Waals surface area contributed by atoms with E-state index in [4.69, 9.17) is 0 Å². The van der Waals surface area contributed by atoms with Crippen molar-refractivity contribution in [3.63, 3.8) is 0 Å². The lowest BCUT2D eigenvalue weighted by Crippen LogP contribution is -1.79. The predicted molar refractivity (Wildman–Crippen MR) is 56.1 cm³/mol. The van der Waals surface area contributed by atoms with E-state index in [0.717, 1.165) is 11.4 Å². The molecule has 64 valence electrons. The van der Waals surface area contributed by atoms with Crippen LogP contribution in [0, 0.1) is 6.92 Å². The Morgan fingerprint density at radius 2 is 2.42 bits per heavy atom. The van der Waals surface area contributed by atoms with Gasteiger partial charge in [-0.25, -0.2) is 0 Å². The topological polar surface area (TPSA) is 12.9 Å². The van der Waals surface area contributed by atoms with Gasteiger partial charge in [-0.3, -0.25) is 4.98 Å². The fourth-order valence-corrected chi connectivity index (χ4v) is 1.29. The first-order chi connectivity index (χ1) is 5.83. The van der Waals surface area contributed by atoms with Gasteiger partial charge in [0.1, 0.15) is 0 Å². The lowest BCUT2D eigenvalue weighted by atomic mass is 10.2. The van der Waals surface area contributed by atoms with Gasteiger partial charge < -0.3 is 0 Å². The quantitative estimate of drug-likeness (QED) is 0.707. The molecule has 0 spiro atoms. The molecule has 12 heavy (non-hydrogen) atoms. The third-order valence-corrected chi connectivity index (χ3v) is 2.10. The van der Waals surface area contributed by atoms with Gasteiger partial charge in [0.05, 0.1) is 5.69 Å². The maximum absolute atomic E-state index is 4.21. The Labute approximate surface area is 77.9 Å². The highest BCUT2D eigenvalue weighted by atomic mass is 32.2. The summed E-state index contributed by atoms with van der Waals surface area (Å²) in [6.07, 6.45) is 3.88. The number of aromatic nitrogens is 1. The third kappa shape index (κ3) is 3.09. The van der Waals surface area contributed by atoms with Crippen LogP contribution in [-0.4, -0.2) is 10.7 Å². The molecule has 1 rings (SSSR count). The molecule has 1 heterocycles. The van der Waals surface area contributed by atoms with Crippen LogP contribution < -0.4 is 0 Å². The van der Waals surface area contributed by atoms with Crippen LogP contribution >= 0.6 is 11.8 Å². The molecule has 0 atom stereocenters. The fraction of sp³-hybridized carbons (Fsp3) is 0.300. The lowest BCUT2D eigenvalue weighted by Gasteiger charge is -1.93. The van der Waals surface area contributed by atoms with Crippen LogP contribution in [0.3, 0.4) is 0 Å². The van der Waals surface area contributed by atoms with Crippen LogP contribution in [0.25, 0.3) is 6.08 Å². The first-order valence-corrected chi connectivity index (χ1v) is 5.08. The van der Waals surface area contributed by atoms with Crippen molar-refractivity contribution in [1.29, 1.82) is 0 Å². The molecule has 1 nitrogen and oxygen atoms in total. The molecule has 0 radical (unpaired) electrons. The highest BCUT2D eigenvalue weighted by Crippen LogP contribution is 2.06. The zero-order valence-corrected chi connectivity index (χ0v) is 8.27. The molecule has 0 fully saturated rings. The van der Waals surface area contributed by atoms with Crippen LogP contribution in [-0.2, 0) is 0 Å². The molecule has 2 heteroatoms. The summed E-state index contributed by atoms with van der Waals surface area (Å²) in [7, 11) is 0. The summed E-state index contributed by atoms with van der Waals surface area (Å²) >= 11 is 1.79. The van der Waals surface area contributed by atoms with Gasteiger partial charge in [0.15, 0.2) is 0 Å². The molecule has 0 aliphatic carbocycles. The number of pyridine rings is 1. The van der Waals surface area contributed by atoms with Crippen LogP contribution in [0.5, 0.6) is 0 Å². The minimum atomic E-state index is 1.04. The SMILES string of the molecule is CCS/C=C/c1cc(C)ccn1. The van der Waals surface area contributed by atoms with Gasteiger partial charge in [-0.2, -0.15) is 0 Å². The van der Waals surface area contributed by atoms with Crippen molar-refractivity contribution in [1.82, 2.24) is 4.98 Å². The van der Waals surface area contributed by atoms with E-state index in [2.05, 4.69) is 30.3 Å². The van der Waals surface area contributed by atoms with Crippen molar-refractivity contribution < 1.29 is 0 Å². The Morgan fingerprint density at radius 3 is 3.08 bits per heavy atom. The summed E-state index contributed by atoms with van der Waals surface area (Å²) in [4.78, 5) is 4.21. The van der Waals surface area contributed by atoms with Crippen molar-refractivity contribution in [3.05, 3.63) is 35.0 Å². The van der Waals surface area contributed by atoms with E-state index < -0.39 is 0 Å². The minimum Gasteiger partial charge on any atom is -0.257 e. The Balaban J connectivity index is 2.63. The standard InChI is InChI=1S/C10H13NS/c1-3-12-7-5-10-8-9(2)4-6-11-10/h4-8H,3H2,1-2H3/b7-5+. The first kappa shape index (κ1) is 9.33. The maximum atomic E-state index is 4.21.